The van der Waals surface area contributed by atoms with Crippen LogP contribution in [0.5, 0.6) is 5.75 Å². The SMILES string of the molecule is COc1ccccc1-c1cc(-c2cc(C(C)(C)C)cc(C(C)(C)C)c2)cc(-c2cccc(-c3cc(-c4c(C(C)C)cccc4C(C)C)ccn3)c2)n1. The maximum absolute atomic E-state index is 5.84. The van der Waals surface area contributed by atoms with Crippen LogP contribution in [-0.4, -0.2) is 17.1 Å². The molecule has 0 amide bonds. The first-order valence-corrected chi connectivity index (χ1v) is 18.7. The van der Waals surface area contributed by atoms with Crippen molar-refractivity contribution in [1.82, 2.24) is 9.97 Å². The van der Waals surface area contributed by atoms with Crippen molar-refractivity contribution in [3.8, 4) is 61.8 Å². The average Bonchev–Trinajstić information content (AvgIpc) is 3.13. The molecule has 0 unspecified atom stereocenters. The van der Waals surface area contributed by atoms with Crippen LogP contribution >= 0.6 is 0 Å². The van der Waals surface area contributed by atoms with Crippen molar-refractivity contribution in [1.29, 1.82) is 0 Å². The molecule has 0 bridgehead atoms. The van der Waals surface area contributed by atoms with Gasteiger partial charge < -0.3 is 4.74 Å². The molecule has 3 heteroatoms. The number of rotatable bonds is 8. The van der Waals surface area contributed by atoms with E-state index in [1.54, 1.807) is 7.11 Å². The van der Waals surface area contributed by atoms with Crippen molar-refractivity contribution in [3.05, 3.63) is 138 Å². The quantitative estimate of drug-likeness (QED) is 0.160. The molecular weight excluding hydrogens is 633 g/mol. The van der Waals surface area contributed by atoms with Crippen molar-refractivity contribution >= 4 is 0 Å². The van der Waals surface area contributed by atoms with Gasteiger partial charge in [0, 0.05) is 22.9 Å². The minimum atomic E-state index is -0.00116. The van der Waals surface area contributed by atoms with E-state index in [4.69, 9.17) is 14.7 Å². The molecule has 52 heavy (non-hydrogen) atoms. The Labute approximate surface area is 312 Å². The second-order valence-corrected chi connectivity index (χ2v) is 16.8. The molecule has 0 spiro atoms. The third-order valence-electron chi connectivity index (χ3n) is 10.1. The highest BCUT2D eigenvalue weighted by Gasteiger charge is 2.22. The maximum Gasteiger partial charge on any atom is 0.128 e. The molecule has 0 aliphatic rings. The molecule has 0 saturated heterocycles. The summed E-state index contributed by atoms with van der Waals surface area (Å²) in [5.74, 6) is 1.62. The number of benzene rings is 4. The Hall–Kier alpha value is -5.02. The van der Waals surface area contributed by atoms with Gasteiger partial charge in [-0.2, -0.15) is 0 Å². The highest BCUT2D eigenvalue weighted by molar-refractivity contribution is 5.81. The number of para-hydroxylation sites is 1. The van der Waals surface area contributed by atoms with Gasteiger partial charge in [-0.3, -0.25) is 4.98 Å². The molecule has 3 nitrogen and oxygen atoms in total. The van der Waals surface area contributed by atoms with E-state index in [1.165, 1.54) is 38.9 Å². The van der Waals surface area contributed by atoms with Gasteiger partial charge in [0.25, 0.3) is 0 Å². The van der Waals surface area contributed by atoms with E-state index >= 15 is 0 Å². The fourth-order valence-corrected chi connectivity index (χ4v) is 6.97. The predicted molar refractivity (Wildman–Crippen MR) is 221 cm³/mol. The minimum Gasteiger partial charge on any atom is -0.496 e. The van der Waals surface area contributed by atoms with Gasteiger partial charge in [-0.05, 0) is 110 Å². The average molecular weight is 687 g/mol. The molecule has 2 heterocycles. The number of hydrogen-bond donors (Lipinski definition) is 0. The second kappa shape index (κ2) is 14.5. The van der Waals surface area contributed by atoms with Crippen LogP contribution in [0.1, 0.15) is 103 Å². The van der Waals surface area contributed by atoms with E-state index in [0.717, 1.165) is 45.1 Å². The summed E-state index contributed by atoms with van der Waals surface area (Å²) in [5, 5.41) is 0. The maximum atomic E-state index is 5.84. The van der Waals surface area contributed by atoms with Crippen LogP contribution in [0, 0.1) is 0 Å². The largest absolute Gasteiger partial charge is 0.496 e. The lowest BCUT2D eigenvalue weighted by atomic mass is 9.79. The van der Waals surface area contributed by atoms with Gasteiger partial charge in [-0.25, -0.2) is 4.98 Å². The monoisotopic (exact) mass is 686 g/mol. The summed E-state index contributed by atoms with van der Waals surface area (Å²) in [7, 11) is 1.72. The summed E-state index contributed by atoms with van der Waals surface area (Å²) in [6.45, 7) is 22.8. The normalized spacial score (nSPS) is 12.1. The first-order valence-electron chi connectivity index (χ1n) is 18.7. The van der Waals surface area contributed by atoms with Gasteiger partial charge in [-0.1, -0.05) is 136 Å². The van der Waals surface area contributed by atoms with Gasteiger partial charge in [0.05, 0.1) is 24.2 Å². The van der Waals surface area contributed by atoms with Crippen LogP contribution in [-0.2, 0) is 10.8 Å². The van der Waals surface area contributed by atoms with Crippen molar-refractivity contribution in [2.45, 2.75) is 91.9 Å². The Morgan fingerprint density at radius 2 is 1.04 bits per heavy atom. The van der Waals surface area contributed by atoms with Crippen molar-refractivity contribution < 1.29 is 4.74 Å². The Bertz CT molecular complexity index is 2150. The summed E-state index contributed by atoms with van der Waals surface area (Å²) in [6.07, 6.45) is 1.95. The molecule has 6 aromatic rings. The van der Waals surface area contributed by atoms with Crippen LogP contribution in [0.3, 0.4) is 0 Å². The molecule has 0 fully saturated rings. The molecular formula is C49H54N2O. The highest BCUT2D eigenvalue weighted by Crippen LogP contribution is 2.40. The smallest absolute Gasteiger partial charge is 0.128 e. The highest BCUT2D eigenvalue weighted by atomic mass is 16.5. The zero-order valence-electron chi connectivity index (χ0n) is 32.9. The molecule has 0 aliphatic heterocycles. The van der Waals surface area contributed by atoms with Gasteiger partial charge in [-0.15, -0.1) is 0 Å². The van der Waals surface area contributed by atoms with Gasteiger partial charge in [0.15, 0.2) is 0 Å². The van der Waals surface area contributed by atoms with Gasteiger partial charge >= 0.3 is 0 Å². The zero-order valence-corrected chi connectivity index (χ0v) is 32.9. The van der Waals surface area contributed by atoms with Crippen LogP contribution in [0.4, 0.5) is 0 Å². The summed E-state index contributed by atoms with van der Waals surface area (Å²) in [5.41, 5.74) is 16.0. The Balaban J connectivity index is 1.53. The summed E-state index contributed by atoms with van der Waals surface area (Å²) in [4.78, 5) is 10.2. The van der Waals surface area contributed by atoms with E-state index in [2.05, 4.69) is 160 Å². The standard InChI is InChI=1S/C49H54N2O/c1-31(2)40-19-15-20-41(32(3)4)47(40)35-22-23-50-43(27-35)33-16-14-17-34(24-33)44-28-37(29-45(51-44)42-18-12-13-21-46(42)52-11)36-25-38(48(5,6)7)30-39(26-36)49(8,9)10/h12-32H,1-11H3. The van der Waals surface area contributed by atoms with Crippen LogP contribution < -0.4 is 4.74 Å². The third kappa shape index (κ3) is 7.75. The topological polar surface area (TPSA) is 35.0 Å². The fraction of sp³-hybridized carbons (Fsp3) is 0.306. The molecule has 4 aromatic carbocycles. The van der Waals surface area contributed by atoms with E-state index < -0.39 is 0 Å². The molecule has 0 radical (unpaired) electrons. The molecule has 0 saturated carbocycles. The molecule has 0 atom stereocenters. The number of nitrogens with zero attached hydrogens (tertiary/aromatic N) is 2. The predicted octanol–water partition coefficient (Wildman–Crippen LogP) is 13.7. The van der Waals surface area contributed by atoms with Crippen molar-refractivity contribution in [2.75, 3.05) is 7.11 Å². The third-order valence-corrected chi connectivity index (χ3v) is 10.1. The van der Waals surface area contributed by atoms with E-state index in [9.17, 15) is 0 Å². The minimum absolute atomic E-state index is 0.00116. The lowest BCUT2D eigenvalue weighted by Crippen LogP contribution is -2.16. The number of hydrogen-bond acceptors (Lipinski definition) is 3. The van der Waals surface area contributed by atoms with Crippen LogP contribution in [0.25, 0.3) is 56.0 Å². The van der Waals surface area contributed by atoms with E-state index in [-0.39, 0.29) is 10.8 Å². The zero-order chi connectivity index (χ0) is 37.4. The van der Waals surface area contributed by atoms with Gasteiger partial charge in [0.1, 0.15) is 5.75 Å². The summed E-state index contributed by atoms with van der Waals surface area (Å²) < 4.78 is 5.84. The van der Waals surface area contributed by atoms with E-state index in [1.807, 2.05) is 24.4 Å². The number of aromatic nitrogens is 2. The molecule has 6 rings (SSSR count). The van der Waals surface area contributed by atoms with Crippen LogP contribution in [0.15, 0.2) is 115 Å². The van der Waals surface area contributed by atoms with Gasteiger partial charge in [0.2, 0.25) is 0 Å². The first kappa shape index (κ1) is 36.8. The van der Waals surface area contributed by atoms with E-state index in [0.29, 0.717) is 11.8 Å². The lowest BCUT2D eigenvalue weighted by Gasteiger charge is -2.26. The fourth-order valence-electron chi connectivity index (χ4n) is 6.97. The number of ether oxygens (including phenoxy) is 1. The molecule has 266 valence electrons. The van der Waals surface area contributed by atoms with Crippen LogP contribution in [0.2, 0.25) is 0 Å². The molecule has 0 N–H and O–H groups in total. The Kier molecular flexibility index (Phi) is 10.3. The number of methoxy groups -OCH3 is 1. The summed E-state index contributed by atoms with van der Waals surface area (Å²) >= 11 is 0. The summed E-state index contributed by atoms with van der Waals surface area (Å²) in [6, 6.07) is 39.5. The lowest BCUT2D eigenvalue weighted by molar-refractivity contribution is 0.416. The van der Waals surface area contributed by atoms with Crippen molar-refractivity contribution in [3.63, 3.8) is 0 Å². The Morgan fingerprint density at radius 3 is 1.63 bits per heavy atom. The first-order chi connectivity index (χ1) is 24.6. The molecule has 2 aromatic heterocycles. The Morgan fingerprint density at radius 1 is 0.500 bits per heavy atom. The number of pyridine rings is 2. The second-order valence-electron chi connectivity index (χ2n) is 16.8. The van der Waals surface area contributed by atoms with Crippen molar-refractivity contribution in [2.24, 2.45) is 0 Å². The molecule has 0 aliphatic carbocycles.